The summed E-state index contributed by atoms with van der Waals surface area (Å²) >= 11 is 12.4. The van der Waals surface area contributed by atoms with Crippen LogP contribution in [0, 0.1) is 11.3 Å². The van der Waals surface area contributed by atoms with Crippen molar-refractivity contribution in [2.24, 2.45) is 0 Å². The lowest BCUT2D eigenvalue weighted by Crippen LogP contribution is -2.49. The second kappa shape index (κ2) is 8.22. The van der Waals surface area contributed by atoms with E-state index in [0.717, 1.165) is 16.7 Å². The molecule has 1 fully saturated rings. The molecule has 0 spiro atoms. The second-order valence-electron chi connectivity index (χ2n) is 6.88. The van der Waals surface area contributed by atoms with E-state index >= 15 is 0 Å². The van der Waals surface area contributed by atoms with E-state index in [0.29, 0.717) is 22.9 Å². The third-order valence-electron chi connectivity index (χ3n) is 4.82. The van der Waals surface area contributed by atoms with Crippen LogP contribution in [0.5, 0.6) is 0 Å². The van der Waals surface area contributed by atoms with Gasteiger partial charge in [-0.3, -0.25) is 9.59 Å². The molecule has 0 radical (unpaired) electrons. The number of amides is 2. The average Bonchev–Trinajstić information content (AvgIpc) is 3.45. The molecule has 0 aliphatic heterocycles. The fraction of sp³-hybridized carbons (Fsp3) is 0.286. The molecule has 0 unspecified atom stereocenters. The van der Waals surface area contributed by atoms with E-state index in [9.17, 15) is 9.59 Å². The Kier molecular flexibility index (Phi) is 5.93. The number of carbonyl (C=O) groups excluding carboxylic acids is 2. The van der Waals surface area contributed by atoms with Gasteiger partial charge in [0.1, 0.15) is 12.0 Å². The number of benzene rings is 2. The van der Waals surface area contributed by atoms with E-state index in [2.05, 4.69) is 10.6 Å². The molecule has 1 saturated carbocycles. The number of hydrogen-bond donors (Lipinski definition) is 2. The Morgan fingerprint density at radius 2 is 1.86 bits per heavy atom. The first kappa shape index (κ1) is 20.2. The number of nitriles is 1. The Balaban J connectivity index is 1.67. The Hall–Kier alpha value is -2.55. The molecule has 0 saturated heterocycles. The van der Waals surface area contributed by atoms with E-state index in [4.69, 9.17) is 28.5 Å². The highest BCUT2D eigenvalue weighted by atomic mass is 35.5. The van der Waals surface area contributed by atoms with Crippen LogP contribution in [0.4, 0.5) is 0 Å². The van der Waals surface area contributed by atoms with E-state index in [-0.39, 0.29) is 18.4 Å². The highest BCUT2D eigenvalue weighted by Gasteiger charge is 2.51. The molecule has 28 heavy (non-hydrogen) atoms. The van der Waals surface area contributed by atoms with Crippen molar-refractivity contribution in [3.8, 4) is 17.2 Å². The molecule has 5 nitrogen and oxygen atoms in total. The minimum atomic E-state index is -0.879. The molecule has 0 bridgehead atoms. The number of nitrogens with zero attached hydrogens (tertiary/aromatic N) is 1. The lowest BCUT2D eigenvalue weighted by molar-refractivity contribution is -0.130. The number of rotatable bonds is 6. The summed E-state index contributed by atoms with van der Waals surface area (Å²) in [4.78, 5) is 24.2. The average molecular weight is 416 g/mol. The number of hydrogen-bond acceptors (Lipinski definition) is 3. The normalized spacial score (nSPS) is 15.2. The van der Waals surface area contributed by atoms with Gasteiger partial charge >= 0.3 is 0 Å². The number of halogens is 2. The predicted molar refractivity (Wildman–Crippen MR) is 109 cm³/mol. The Labute approximate surface area is 173 Å². The van der Waals surface area contributed by atoms with Crippen LogP contribution in [0.2, 0.25) is 10.0 Å². The summed E-state index contributed by atoms with van der Waals surface area (Å²) in [6.45, 7) is 1.88. The Morgan fingerprint density at radius 3 is 2.46 bits per heavy atom. The van der Waals surface area contributed by atoms with Crippen LogP contribution in [0.3, 0.4) is 0 Å². The lowest BCUT2D eigenvalue weighted by atomic mass is 10.0. The number of nitrogens with one attached hydrogen (secondary N) is 2. The van der Waals surface area contributed by atoms with Crippen LogP contribution in [0.25, 0.3) is 11.1 Å². The molecular formula is C21H19Cl2N3O2. The van der Waals surface area contributed by atoms with Crippen molar-refractivity contribution >= 4 is 35.0 Å². The third-order valence-corrected chi connectivity index (χ3v) is 5.64. The summed E-state index contributed by atoms with van der Waals surface area (Å²) in [6, 6.07) is 14.7. The van der Waals surface area contributed by atoms with E-state index in [1.807, 2.05) is 43.3 Å². The zero-order valence-corrected chi connectivity index (χ0v) is 16.8. The first-order chi connectivity index (χ1) is 13.4. The van der Waals surface area contributed by atoms with Crippen LogP contribution in [-0.2, 0) is 9.59 Å². The fourth-order valence-electron chi connectivity index (χ4n) is 3.01. The van der Waals surface area contributed by atoms with Crippen LogP contribution in [0.15, 0.2) is 42.5 Å². The van der Waals surface area contributed by atoms with Crippen molar-refractivity contribution in [1.29, 1.82) is 5.26 Å². The van der Waals surface area contributed by atoms with Gasteiger partial charge in [0.15, 0.2) is 0 Å². The summed E-state index contributed by atoms with van der Waals surface area (Å²) in [6.07, 6.45) is 0.905. The molecule has 1 atom stereocenters. The SMILES string of the molecule is C[C@@H](NC(=O)C1(NC(=O)CC#N)CC1)c1ccc(-c2cccc(Cl)c2Cl)cc1. The zero-order valence-electron chi connectivity index (χ0n) is 15.3. The molecule has 0 heterocycles. The van der Waals surface area contributed by atoms with E-state index in [1.54, 1.807) is 12.1 Å². The monoisotopic (exact) mass is 415 g/mol. The second-order valence-corrected chi connectivity index (χ2v) is 7.67. The zero-order chi connectivity index (χ0) is 20.3. The van der Waals surface area contributed by atoms with Gasteiger partial charge in [-0.05, 0) is 37.0 Å². The molecule has 2 aromatic rings. The molecule has 2 amide bonds. The van der Waals surface area contributed by atoms with Crippen LogP contribution in [-0.4, -0.2) is 17.4 Å². The van der Waals surface area contributed by atoms with Gasteiger partial charge in [-0.15, -0.1) is 0 Å². The summed E-state index contributed by atoms with van der Waals surface area (Å²) in [5.74, 6) is -0.654. The lowest BCUT2D eigenvalue weighted by Gasteiger charge is -2.21. The van der Waals surface area contributed by atoms with E-state index < -0.39 is 11.4 Å². The van der Waals surface area contributed by atoms with Crippen molar-refractivity contribution in [1.82, 2.24) is 10.6 Å². The van der Waals surface area contributed by atoms with Crippen LogP contribution >= 0.6 is 23.2 Å². The molecule has 2 aromatic carbocycles. The van der Waals surface area contributed by atoms with Crippen molar-refractivity contribution in [2.45, 2.75) is 37.8 Å². The summed E-state index contributed by atoms with van der Waals surface area (Å²) in [7, 11) is 0. The Morgan fingerprint density at radius 1 is 1.18 bits per heavy atom. The van der Waals surface area contributed by atoms with Gasteiger partial charge in [0, 0.05) is 5.56 Å². The summed E-state index contributed by atoms with van der Waals surface area (Å²) < 4.78 is 0. The maximum atomic E-state index is 12.6. The van der Waals surface area contributed by atoms with Gasteiger partial charge in [0.05, 0.1) is 22.2 Å². The Bertz CT molecular complexity index is 947. The van der Waals surface area contributed by atoms with Crippen molar-refractivity contribution in [2.75, 3.05) is 0 Å². The molecule has 2 N–H and O–H groups in total. The maximum absolute atomic E-state index is 12.6. The summed E-state index contributed by atoms with van der Waals surface area (Å²) in [5.41, 5.74) is 1.82. The van der Waals surface area contributed by atoms with Gasteiger partial charge in [-0.2, -0.15) is 5.26 Å². The fourth-order valence-corrected chi connectivity index (χ4v) is 3.42. The first-order valence-corrected chi connectivity index (χ1v) is 9.65. The molecular weight excluding hydrogens is 397 g/mol. The highest BCUT2D eigenvalue weighted by molar-refractivity contribution is 6.43. The van der Waals surface area contributed by atoms with Gasteiger partial charge in [0.2, 0.25) is 11.8 Å². The predicted octanol–water partition coefficient (Wildman–Crippen LogP) is 4.40. The molecule has 144 valence electrons. The largest absolute Gasteiger partial charge is 0.348 e. The molecule has 3 rings (SSSR count). The maximum Gasteiger partial charge on any atom is 0.246 e. The van der Waals surface area contributed by atoms with Crippen molar-refractivity contribution in [3.05, 3.63) is 58.1 Å². The minimum absolute atomic E-state index is 0.228. The standard InChI is InChI=1S/C21H19Cl2N3O2/c1-13(25-20(28)21(10-11-21)26-18(27)9-12-24)14-5-7-15(8-6-14)16-3-2-4-17(22)19(16)23/h2-8,13H,9-11H2,1H3,(H,25,28)(H,26,27)/t13-/m1/s1. The van der Waals surface area contributed by atoms with Gasteiger partial charge in [0.25, 0.3) is 0 Å². The van der Waals surface area contributed by atoms with Gasteiger partial charge in [-0.25, -0.2) is 0 Å². The topological polar surface area (TPSA) is 82.0 Å². The number of carbonyl (C=O) groups is 2. The molecule has 0 aromatic heterocycles. The quantitative estimate of drug-likeness (QED) is 0.733. The third kappa shape index (κ3) is 4.30. The van der Waals surface area contributed by atoms with Crippen molar-refractivity contribution in [3.63, 3.8) is 0 Å². The highest BCUT2D eigenvalue weighted by Crippen LogP contribution is 2.37. The molecule has 7 heteroatoms. The molecule has 1 aliphatic rings. The van der Waals surface area contributed by atoms with Gasteiger partial charge in [-0.1, -0.05) is 59.6 Å². The minimum Gasteiger partial charge on any atom is -0.348 e. The first-order valence-electron chi connectivity index (χ1n) is 8.89. The van der Waals surface area contributed by atoms with E-state index in [1.165, 1.54) is 0 Å². The van der Waals surface area contributed by atoms with Gasteiger partial charge < -0.3 is 10.6 Å². The smallest absolute Gasteiger partial charge is 0.246 e. The van der Waals surface area contributed by atoms with Crippen molar-refractivity contribution < 1.29 is 9.59 Å². The molecule has 1 aliphatic carbocycles. The summed E-state index contributed by atoms with van der Waals surface area (Å²) in [5, 5.41) is 15.2. The van der Waals surface area contributed by atoms with Crippen LogP contribution in [0.1, 0.15) is 37.8 Å². The van der Waals surface area contributed by atoms with Crippen LogP contribution < -0.4 is 10.6 Å².